The summed E-state index contributed by atoms with van der Waals surface area (Å²) in [5.74, 6) is 0.850. The van der Waals surface area contributed by atoms with Crippen LogP contribution in [-0.2, 0) is 19.3 Å². The molecule has 1 N–H and O–H groups in total. The standard InChI is InChI=1S/C15H18F3N3/c1-3-19-8-14-9-20-11(2)21(14)10-12-4-6-13(7-5-12)15(16,17)18/h4-7,9,19H,3,8,10H2,1-2H3. The number of halogens is 3. The van der Waals surface area contributed by atoms with Crippen molar-refractivity contribution < 1.29 is 13.2 Å². The van der Waals surface area contributed by atoms with Crippen LogP contribution in [0, 0.1) is 6.92 Å². The van der Waals surface area contributed by atoms with Crippen molar-refractivity contribution in [3.8, 4) is 0 Å². The molecule has 0 fully saturated rings. The monoisotopic (exact) mass is 297 g/mol. The van der Waals surface area contributed by atoms with Gasteiger partial charge in [0, 0.05) is 19.3 Å². The topological polar surface area (TPSA) is 29.9 Å². The third-order valence-corrected chi connectivity index (χ3v) is 3.32. The van der Waals surface area contributed by atoms with E-state index in [4.69, 9.17) is 0 Å². The van der Waals surface area contributed by atoms with Crippen molar-refractivity contribution in [1.29, 1.82) is 0 Å². The van der Waals surface area contributed by atoms with Gasteiger partial charge < -0.3 is 9.88 Å². The number of hydrogen-bond acceptors (Lipinski definition) is 2. The smallest absolute Gasteiger partial charge is 0.327 e. The lowest BCUT2D eigenvalue weighted by Gasteiger charge is -2.12. The van der Waals surface area contributed by atoms with E-state index < -0.39 is 11.7 Å². The van der Waals surface area contributed by atoms with Crippen molar-refractivity contribution in [1.82, 2.24) is 14.9 Å². The van der Waals surface area contributed by atoms with Crippen LogP contribution in [0.3, 0.4) is 0 Å². The van der Waals surface area contributed by atoms with Gasteiger partial charge in [-0.2, -0.15) is 13.2 Å². The first-order chi connectivity index (χ1) is 9.91. The molecule has 0 saturated heterocycles. The Hall–Kier alpha value is -1.82. The van der Waals surface area contributed by atoms with Gasteiger partial charge in [0.25, 0.3) is 0 Å². The van der Waals surface area contributed by atoms with Gasteiger partial charge in [-0.15, -0.1) is 0 Å². The minimum atomic E-state index is -4.29. The Morgan fingerprint density at radius 3 is 2.43 bits per heavy atom. The first kappa shape index (κ1) is 15.6. The van der Waals surface area contributed by atoms with E-state index >= 15 is 0 Å². The van der Waals surface area contributed by atoms with Gasteiger partial charge in [-0.1, -0.05) is 19.1 Å². The summed E-state index contributed by atoms with van der Waals surface area (Å²) in [7, 11) is 0. The summed E-state index contributed by atoms with van der Waals surface area (Å²) in [6.45, 7) is 5.97. The number of rotatable bonds is 5. The molecule has 21 heavy (non-hydrogen) atoms. The minimum Gasteiger partial charge on any atom is -0.327 e. The van der Waals surface area contributed by atoms with Gasteiger partial charge in [0.05, 0.1) is 11.3 Å². The summed E-state index contributed by atoms with van der Waals surface area (Å²) in [4.78, 5) is 4.27. The fourth-order valence-corrected chi connectivity index (χ4v) is 2.11. The van der Waals surface area contributed by atoms with E-state index in [1.807, 2.05) is 18.4 Å². The molecule has 114 valence electrons. The number of nitrogens with zero attached hydrogens (tertiary/aromatic N) is 2. The second-order valence-electron chi connectivity index (χ2n) is 4.86. The third kappa shape index (κ3) is 3.85. The number of aromatic nitrogens is 2. The first-order valence-electron chi connectivity index (χ1n) is 6.79. The molecule has 2 rings (SSSR count). The normalized spacial score (nSPS) is 11.9. The van der Waals surface area contributed by atoms with Crippen LogP contribution in [0.5, 0.6) is 0 Å². The molecule has 0 unspecified atom stereocenters. The van der Waals surface area contributed by atoms with Crippen LogP contribution in [0.1, 0.15) is 29.6 Å². The molecule has 1 aromatic carbocycles. The van der Waals surface area contributed by atoms with Crippen LogP contribution >= 0.6 is 0 Å². The maximum absolute atomic E-state index is 12.5. The molecule has 1 heterocycles. The molecule has 2 aromatic rings. The zero-order valence-corrected chi connectivity index (χ0v) is 12.0. The first-order valence-corrected chi connectivity index (χ1v) is 6.79. The van der Waals surface area contributed by atoms with Gasteiger partial charge in [-0.25, -0.2) is 4.98 Å². The summed E-state index contributed by atoms with van der Waals surface area (Å²) in [6, 6.07) is 5.26. The van der Waals surface area contributed by atoms with Gasteiger partial charge in [0.1, 0.15) is 5.82 Å². The Labute approximate surface area is 121 Å². The average molecular weight is 297 g/mol. The highest BCUT2D eigenvalue weighted by molar-refractivity contribution is 5.25. The number of nitrogens with one attached hydrogen (secondary N) is 1. The quantitative estimate of drug-likeness (QED) is 0.917. The summed E-state index contributed by atoms with van der Waals surface area (Å²) < 4.78 is 39.6. The van der Waals surface area contributed by atoms with Gasteiger partial charge in [-0.3, -0.25) is 0 Å². The Bertz CT molecular complexity index is 585. The Morgan fingerprint density at radius 1 is 1.19 bits per heavy atom. The highest BCUT2D eigenvalue weighted by Crippen LogP contribution is 2.29. The molecule has 6 heteroatoms. The van der Waals surface area contributed by atoms with E-state index in [9.17, 15) is 13.2 Å². The van der Waals surface area contributed by atoms with Crippen molar-refractivity contribution in [3.63, 3.8) is 0 Å². The van der Waals surface area contributed by atoms with Gasteiger partial charge in [0.15, 0.2) is 0 Å². The summed E-state index contributed by atoms with van der Waals surface area (Å²) in [5.41, 5.74) is 1.22. The van der Waals surface area contributed by atoms with Gasteiger partial charge >= 0.3 is 6.18 Å². The van der Waals surface area contributed by atoms with Crippen LogP contribution in [-0.4, -0.2) is 16.1 Å². The second kappa shape index (κ2) is 6.30. The molecule has 0 saturated carbocycles. The van der Waals surface area contributed by atoms with E-state index in [-0.39, 0.29) is 0 Å². The molecule has 0 spiro atoms. The van der Waals surface area contributed by atoms with E-state index in [0.717, 1.165) is 35.8 Å². The Balaban J connectivity index is 2.16. The lowest BCUT2D eigenvalue weighted by molar-refractivity contribution is -0.137. The average Bonchev–Trinajstić information content (AvgIpc) is 2.77. The lowest BCUT2D eigenvalue weighted by atomic mass is 10.1. The van der Waals surface area contributed by atoms with Crippen molar-refractivity contribution in [2.75, 3.05) is 6.54 Å². The third-order valence-electron chi connectivity index (χ3n) is 3.32. The van der Waals surface area contributed by atoms with Crippen LogP contribution < -0.4 is 5.32 Å². The predicted molar refractivity (Wildman–Crippen MR) is 74.9 cm³/mol. The maximum atomic E-state index is 12.5. The van der Waals surface area contributed by atoms with Gasteiger partial charge in [-0.05, 0) is 31.2 Å². The van der Waals surface area contributed by atoms with Crippen LogP contribution in [0.15, 0.2) is 30.5 Å². The van der Waals surface area contributed by atoms with Crippen molar-refractivity contribution in [2.45, 2.75) is 33.1 Å². The van der Waals surface area contributed by atoms with Crippen molar-refractivity contribution in [2.24, 2.45) is 0 Å². The summed E-state index contributed by atoms with van der Waals surface area (Å²) in [5, 5.41) is 3.22. The SMILES string of the molecule is CCNCc1cnc(C)n1Cc1ccc(C(F)(F)F)cc1. The molecule has 0 aliphatic rings. The summed E-state index contributed by atoms with van der Waals surface area (Å²) >= 11 is 0. The van der Waals surface area contributed by atoms with Crippen LogP contribution in [0.25, 0.3) is 0 Å². The van der Waals surface area contributed by atoms with E-state index in [1.165, 1.54) is 12.1 Å². The molecule has 0 amide bonds. The minimum absolute atomic E-state index is 0.519. The zero-order valence-electron chi connectivity index (χ0n) is 12.0. The largest absolute Gasteiger partial charge is 0.416 e. The molecule has 0 atom stereocenters. The second-order valence-corrected chi connectivity index (χ2v) is 4.86. The molecule has 1 aromatic heterocycles. The lowest BCUT2D eigenvalue weighted by Crippen LogP contribution is -2.16. The number of hydrogen-bond donors (Lipinski definition) is 1. The van der Waals surface area contributed by atoms with Crippen molar-refractivity contribution >= 4 is 0 Å². The number of aryl methyl sites for hydroxylation is 1. The fourth-order valence-electron chi connectivity index (χ4n) is 2.11. The molecular formula is C15H18F3N3. The Morgan fingerprint density at radius 2 is 1.86 bits per heavy atom. The molecule has 0 aliphatic heterocycles. The Kier molecular flexibility index (Phi) is 4.67. The molecule has 0 radical (unpaired) electrons. The van der Waals surface area contributed by atoms with Gasteiger partial charge in [0.2, 0.25) is 0 Å². The highest BCUT2D eigenvalue weighted by atomic mass is 19.4. The van der Waals surface area contributed by atoms with E-state index in [1.54, 1.807) is 6.20 Å². The molecule has 3 nitrogen and oxygen atoms in total. The fraction of sp³-hybridized carbons (Fsp3) is 0.400. The molecule has 0 bridgehead atoms. The molecule has 0 aliphatic carbocycles. The predicted octanol–water partition coefficient (Wildman–Crippen LogP) is 3.37. The van der Waals surface area contributed by atoms with E-state index in [0.29, 0.717) is 13.1 Å². The van der Waals surface area contributed by atoms with Crippen LogP contribution in [0.4, 0.5) is 13.2 Å². The summed E-state index contributed by atoms with van der Waals surface area (Å²) in [6.07, 6.45) is -2.50. The number of benzene rings is 1. The number of alkyl halides is 3. The molecular weight excluding hydrogens is 279 g/mol. The van der Waals surface area contributed by atoms with Crippen LogP contribution in [0.2, 0.25) is 0 Å². The maximum Gasteiger partial charge on any atom is 0.416 e. The highest BCUT2D eigenvalue weighted by Gasteiger charge is 2.29. The van der Waals surface area contributed by atoms with Crippen molar-refractivity contribution in [3.05, 3.63) is 53.1 Å². The number of imidazole rings is 1. The van der Waals surface area contributed by atoms with E-state index in [2.05, 4.69) is 10.3 Å². The zero-order chi connectivity index (χ0) is 15.5.